The molecule has 17 heavy (non-hydrogen) atoms. The summed E-state index contributed by atoms with van der Waals surface area (Å²) >= 11 is 5.85. The standard InChI is InChI=1S/C12H16ClN3O/c1-7(2)6-16-12(17)9-3-8(13)4-11(15)10(9)5-14/h3-5,7,14H,6,15H2,1-2H3,(H,16,17). The minimum atomic E-state index is -0.258. The Kier molecular flexibility index (Phi) is 4.52. The molecule has 0 saturated heterocycles. The zero-order valence-electron chi connectivity index (χ0n) is 9.88. The molecule has 0 radical (unpaired) electrons. The van der Waals surface area contributed by atoms with Gasteiger partial charge < -0.3 is 16.5 Å². The monoisotopic (exact) mass is 253 g/mol. The van der Waals surface area contributed by atoms with E-state index in [1.54, 1.807) is 0 Å². The molecule has 0 aliphatic carbocycles. The van der Waals surface area contributed by atoms with Crippen LogP contribution in [0, 0.1) is 11.3 Å². The fraction of sp³-hybridized carbons (Fsp3) is 0.333. The Morgan fingerprint density at radius 1 is 1.59 bits per heavy atom. The number of amides is 1. The molecule has 1 rings (SSSR count). The number of hydrogen-bond donors (Lipinski definition) is 3. The molecular weight excluding hydrogens is 238 g/mol. The summed E-state index contributed by atoms with van der Waals surface area (Å²) in [7, 11) is 0. The Bertz CT molecular complexity index is 444. The summed E-state index contributed by atoms with van der Waals surface area (Å²) in [6.45, 7) is 4.58. The van der Waals surface area contributed by atoms with Crippen LogP contribution in [0.15, 0.2) is 12.1 Å². The van der Waals surface area contributed by atoms with Crippen molar-refractivity contribution in [2.45, 2.75) is 13.8 Å². The van der Waals surface area contributed by atoms with Gasteiger partial charge in [0.15, 0.2) is 0 Å². The predicted octanol–water partition coefficient (Wildman–Crippen LogP) is 2.31. The minimum Gasteiger partial charge on any atom is -0.398 e. The average Bonchev–Trinajstić information content (AvgIpc) is 2.24. The maximum Gasteiger partial charge on any atom is 0.252 e. The van der Waals surface area contributed by atoms with E-state index in [0.717, 1.165) is 6.21 Å². The molecule has 0 aromatic heterocycles. The fourth-order valence-corrected chi connectivity index (χ4v) is 1.61. The summed E-state index contributed by atoms with van der Waals surface area (Å²) in [6, 6.07) is 3.05. The Balaban J connectivity index is 3.03. The number of nitrogen functional groups attached to an aromatic ring is 1. The van der Waals surface area contributed by atoms with Crippen LogP contribution in [0.1, 0.15) is 29.8 Å². The quantitative estimate of drug-likeness (QED) is 0.569. The number of benzene rings is 1. The number of hydrogen-bond acceptors (Lipinski definition) is 3. The molecule has 0 bridgehead atoms. The van der Waals surface area contributed by atoms with Crippen LogP contribution in [0.4, 0.5) is 5.69 Å². The maximum absolute atomic E-state index is 11.9. The lowest BCUT2D eigenvalue weighted by Gasteiger charge is -2.11. The third-order valence-electron chi connectivity index (χ3n) is 2.24. The maximum atomic E-state index is 11.9. The van der Waals surface area contributed by atoms with Crippen LogP contribution in [0.3, 0.4) is 0 Å². The lowest BCUT2D eigenvalue weighted by Crippen LogP contribution is -2.28. The molecule has 0 atom stereocenters. The highest BCUT2D eigenvalue weighted by Gasteiger charge is 2.13. The van der Waals surface area contributed by atoms with E-state index in [0.29, 0.717) is 34.3 Å². The molecule has 0 unspecified atom stereocenters. The number of anilines is 1. The van der Waals surface area contributed by atoms with Gasteiger partial charge in [0, 0.05) is 29.0 Å². The number of nitrogens with two attached hydrogens (primary N) is 1. The third-order valence-corrected chi connectivity index (χ3v) is 2.45. The predicted molar refractivity (Wildman–Crippen MR) is 70.9 cm³/mol. The second kappa shape index (κ2) is 5.68. The van der Waals surface area contributed by atoms with Crippen LogP contribution in [-0.2, 0) is 0 Å². The molecule has 0 aliphatic rings. The Morgan fingerprint density at radius 2 is 2.24 bits per heavy atom. The van der Waals surface area contributed by atoms with Crippen LogP contribution in [0.25, 0.3) is 0 Å². The lowest BCUT2D eigenvalue weighted by molar-refractivity contribution is 0.0949. The van der Waals surface area contributed by atoms with Gasteiger partial charge in [-0.25, -0.2) is 0 Å². The summed E-state index contributed by atoms with van der Waals surface area (Å²) in [6.07, 6.45) is 1.07. The summed E-state index contributed by atoms with van der Waals surface area (Å²) < 4.78 is 0. The molecular formula is C12H16ClN3O. The summed E-state index contributed by atoms with van der Waals surface area (Å²) in [5.41, 5.74) is 6.78. The first-order valence-corrected chi connectivity index (χ1v) is 5.71. The summed E-state index contributed by atoms with van der Waals surface area (Å²) in [5.74, 6) is 0.102. The van der Waals surface area contributed by atoms with Crippen LogP contribution < -0.4 is 11.1 Å². The Labute approximate surface area is 106 Å². The number of rotatable bonds is 4. The largest absolute Gasteiger partial charge is 0.398 e. The van der Waals surface area contributed by atoms with Crippen molar-refractivity contribution >= 4 is 29.4 Å². The van der Waals surface area contributed by atoms with Crippen LogP contribution in [-0.4, -0.2) is 18.7 Å². The molecule has 4 N–H and O–H groups in total. The zero-order chi connectivity index (χ0) is 13.0. The molecule has 0 spiro atoms. The van der Waals surface area contributed by atoms with E-state index >= 15 is 0 Å². The van der Waals surface area contributed by atoms with Gasteiger partial charge in [-0.05, 0) is 18.1 Å². The molecule has 0 fully saturated rings. The van der Waals surface area contributed by atoms with Gasteiger partial charge in [-0.1, -0.05) is 25.4 Å². The highest BCUT2D eigenvalue weighted by molar-refractivity contribution is 6.31. The van der Waals surface area contributed by atoms with Crippen LogP contribution in [0.5, 0.6) is 0 Å². The second-order valence-electron chi connectivity index (χ2n) is 4.20. The molecule has 5 heteroatoms. The normalized spacial score (nSPS) is 10.4. The molecule has 0 saturated carbocycles. The number of halogens is 1. The molecule has 1 amide bonds. The van der Waals surface area contributed by atoms with Crippen molar-refractivity contribution in [3.8, 4) is 0 Å². The van der Waals surface area contributed by atoms with E-state index in [9.17, 15) is 4.79 Å². The lowest BCUT2D eigenvalue weighted by atomic mass is 10.1. The van der Waals surface area contributed by atoms with Gasteiger partial charge in [0.2, 0.25) is 0 Å². The van der Waals surface area contributed by atoms with Crippen molar-refractivity contribution in [2.24, 2.45) is 5.92 Å². The van der Waals surface area contributed by atoms with Gasteiger partial charge in [-0.3, -0.25) is 4.79 Å². The Hall–Kier alpha value is -1.55. The van der Waals surface area contributed by atoms with E-state index in [4.69, 9.17) is 22.7 Å². The van der Waals surface area contributed by atoms with E-state index in [1.807, 2.05) is 13.8 Å². The van der Waals surface area contributed by atoms with Crippen LogP contribution in [0.2, 0.25) is 5.02 Å². The Morgan fingerprint density at radius 3 is 2.76 bits per heavy atom. The van der Waals surface area contributed by atoms with Gasteiger partial charge in [-0.2, -0.15) is 0 Å². The minimum absolute atomic E-state index is 0.258. The number of carbonyl (C=O) groups is 1. The fourth-order valence-electron chi connectivity index (χ4n) is 1.38. The highest BCUT2D eigenvalue weighted by atomic mass is 35.5. The smallest absolute Gasteiger partial charge is 0.252 e. The molecule has 1 aromatic carbocycles. The first kappa shape index (κ1) is 13.5. The summed E-state index contributed by atoms with van der Waals surface area (Å²) in [5, 5.41) is 10.4. The van der Waals surface area contributed by atoms with E-state index < -0.39 is 0 Å². The SMILES string of the molecule is CC(C)CNC(=O)c1cc(Cl)cc(N)c1C=N. The van der Waals surface area contributed by atoms with Crippen molar-refractivity contribution in [3.63, 3.8) is 0 Å². The van der Waals surface area contributed by atoms with E-state index in [2.05, 4.69) is 5.32 Å². The zero-order valence-corrected chi connectivity index (χ0v) is 10.6. The average molecular weight is 254 g/mol. The molecule has 0 aliphatic heterocycles. The van der Waals surface area contributed by atoms with Gasteiger partial charge in [-0.15, -0.1) is 0 Å². The first-order valence-electron chi connectivity index (χ1n) is 5.33. The van der Waals surface area contributed by atoms with Crippen molar-refractivity contribution in [1.29, 1.82) is 5.41 Å². The second-order valence-corrected chi connectivity index (χ2v) is 4.64. The van der Waals surface area contributed by atoms with Gasteiger partial charge in [0.1, 0.15) is 0 Å². The molecule has 0 heterocycles. The topological polar surface area (TPSA) is 79.0 Å². The van der Waals surface area contributed by atoms with Crippen LogP contribution >= 0.6 is 11.6 Å². The molecule has 1 aromatic rings. The number of nitrogens with one attached hydrogen (secondary N) is 2. The van der Waals surface area contributed by atoms with Crippen molar-refractivity contribution in [2.75, 3.05) is 12.3 Å². The highest BCUT2D eigenvalue weighted by Crippen LogP contribution is 2.21. The van der Waals surface area contributed by atoms with Gasteiger partial charge >= 0.3 is 0 Å². The summed E-state index contributed by atoms with van der Waals surface area (Å²) in [4.78, 5) is 11.9. The van der Waals surface area contributed by atoms with Crippen molar-refractivity contribution in [1.82, 2.24) is 5.32 Å². The van der Waals surface area contributed by atoms with Crippen molar-refractivity contribution in [3.05, 3.63) is 28.3 Å². The molecule has 92 valence electrons. The van der Waals surface area contributed by atoms with Gasteiger partial charge in [0.05, 0.1) is 5.56 Å². The number of carbonyl (C=O) groups excluding carboxylic acids is 1. The molecule has 4 nitrogen and oxygen atoms in total. The van der Waals surface area contributed by atoms with E-state index in [1.165, 1.54) is 12.1 Å². The van der Waals surface area contributed by atoms with E-state index in [-0.39, 0.29) is 5.91 Å². The third kappa shape index (κ3) is 3.46. The van der Waals surface area contributed by atoms with Gasteiger partial charge in [0.25, 0.3) is 5.91 Å². The first-order chi connectivity index (χ1) is 7.95. The van der Waals surface area contributed by atoms with Crippen molar-refractivity contribution < 1.29 is 4.79 Å².